The molecule has 1 aromatic rings. The van der Waals surface area contributed by atoms with Gasteiger partial charge in [-0.25, -0.2) is 4.79 Å². The maximum atomic E-state index is 12.5. The van der Waals surface area contributed by atoms with E-state index in [2.05, 4.69) is 24.1 Å². The van der Waals surface area contributed by atoms with Crippen molar-refractivity contribution in [2.45, 2.75) is 77.0 Å². The number of carbonyl (C=O) groups excluding carboxylic acids is 1. The molecule has 1 heterocycles. The summed E-state index contributed by atoms with van der Waals surface area (Å²) in [5, 5.41) is 14.1. The van der Waals surface area contributed by atoms with Gasteiger partial charge < -0.3 is 34.3 Å². The van der Waals surface area contributed by atoms with E-state index in [0.29, 0.717) is 43.6 Å². The fourth-order valence-corrected chi connectivity index (χ4v) is 4.83. The van der Waals surface area contributed by atoms with Crippen molar-refractivity contribution in [1.82, 2.24) is 10.2 Å². The lowest BCUT2D eigenvalue weighted by Crippen LogP contribution is -2.50. The molecular weight excluding hydrogens is 496 g/mol. The number of nitrogens with zero attached hydrogens (tertiary/aromatic N) is 1. The Morgan fingerprint density at radius 3 is 2.46 bits per heavy atom. The molecule has 1 amide bonds. The first-order chi connectivity index (χ1) is 17.7. The maximum absolute atomic E-state index is 12.5. The molecule has 1 saturated heterocycles. The minimum atomic E-state index is -0.748. The number of piperidine rings is 1. The largest absolute Gasteiger partial charge is 0.493 e. The Bertz CT molecular complexity index is 788. The summed E-state index contributed by atoms with van der Waals surface area (Å²) in [6.45, 7) is 9.57. The topological polar surface area (TPSA) is 89.5 Å². The Morgan fingerprint density at radius 2 is 1.84 bits per heavy atom. The van der Waals surface area contributed by atoms with Gasteiger partial charge in [0.2, 0.25) is 0 Å². The molecule has 1 aromatic carbocycles. The number of aliphatic hydroxyl groups is 1. The van der Waals surface area contributed by atoms with Crippen LogP contribution in [0.5, 0.6) is 11.5 Å². The number of ether oxygens (including phenoxy) is 4. The molecule has 1 aliphatic heterocycles. The molecule has 1 unspecified atom stereocenters. The molecule has 212 valence electrons. The summed E-state index contributed by atoms with van der Waals surface area (Å²) in [4.78, 5) is 14.7. The number of hydrogen-bond donors (Lipinski definition) is 2. The summed E-state index contributed by atoms with van der Waals surface area (Å²) >= 11 is 5.87. The lowest BCUT2D eigenvalue weighted by atomic mass is 9.83. The molecule has 1 aliphatic rings. The number of methoxy groups -OCH3 is 2. The highest BCUT2D eigenvalue weighted by atomic mass is 35.5. The third-order valence-corrected chi connectivity index (χ3v) is 7.00. The number of alkyl halides is 1. The van der Waals surface area contributed by atoms with Gasteiger partial charge in [0.25, 0.3) is 0 Å². The van der Waals surface area contributed by atoms with Gasteiger partial charge in [-0.3, -0.25) is 0 Å². The van der Waals surface area contributed by atoms with Crippen LogP contribution >= 0.6 is 11.6 Å². The number of likely N-dealkylation sites (tertiary alicyclic amines) is 1. The molecule has 8 nitrogen and oxygen atoms in total. The van der Waals surface area contributed by atoms with E-state index in [4.69, 9.17) is 30.5 Å². The van der Waals surface area contributed by atoms with Crippen molar-refractivity contribution < 1.29 is 28.8 Å². The minimum absolute atomic E-state index is 0.199. The van der Waals surface area contributed by atoms with Gasteiger partial charge in [-0.2, -0.15) is 0 Å². The average Bonchev–Trinajstić information content (AvgIpc) is 2.86. The Kier molecular flexibility index (Phi) is 14.4. The summed E-state index contributed by atoms with van der Waals surface area (Å²) in [6.07, 6.45) is 4.34. The second kappa shape index (κ2) is 17.0. The lowest BCUT2D eigenvalue weighted by Gasteiger charge is -2.34. The molecule has 1 fully saturated rings. The SMILES string of the molecule is COCCCOc1cc(C[C@H](C[C@H](NC(=O)OC(C)Cl)[C@@H](O)CN2CCCCC2)C(C)C)ccc1OC. The zero-order valence-electron chi connectivity index (χ0n) is 23.2. The van der Waals surface area contributed by atoms with E-state index in [-0.39, 0.29) is 5.92 Å². The van der Waals surface area contributed by atoms with E-state index in [1.807, 2.05) is 18.2 Å². The number of carbonyl (C=O) groups is 1. The van der Waals surface area contributed by atoms with E-state index in [1.165, 1.54) is 6.42 Å². The molecule has 4 atom stereocenters. The van der Waals surface area contributed by atoms with Gasteiger partial charge >= 0.3 is 6.09 Å². The van der Waals surface area contributed by atoms with Gasteiger partial charge in [0, 0.05) is 26.7 Å². The van der Waals surface area contributed by atoms with E-state index in [0.717, 1.165) is 44.3 Å². The summed E-state index contributed by atoms with van der Waals surface area (Å²) in [5.74, 6) is 1.92. The number of hydrogen-bond acceptors (Lipinski definition) is 7. The van der Waals surface area contributed by atoms with Crippen molar-refractivity contribution in [3.05, 3.63) is 23.8 Å². The predicted octanol–water partition coefficient (Wildman–Crippen LogP) is 4.84. The Morgan fingerprint density at radius 1 is 1.11 bits per heavy atom. The van der Waals surface area contributed by atoms with Crippen molar-refractivity contribution in [2.24, 2.45) is 11.8 Å². The molecule has 0 saturated carbocycles. The average molecular weight is 543 g/mol. The van der Waals surface area contributed by atoms with Crippen LogP contribution in [0.25, 0.3) is 0 Å². The summed E-state index contributed by atoms with van der Waals surface area (Å²) in [5.41, 5.74) is 0.366. The lowest BCUT2D eigenvalue weighted by molar-refractivity contribution is 0.0547. The van der Waals surface area contributed by atoms with Crippen LogP contribution in [-0.2, 0) is 15.9 Å². The van der Waals surface area contributed by atoms with Gasteiger partial charge in [-0.1, -0.05) is 37.9 Å². The fourth-order valence-electron chi connectivity index (χ4n) is 4.75. The van der Waals surface area contributed by atoms with Crippen LogP contribution in [0.15, 0.2) is 18.2 Å². The normalized spacial score (nSPS) is 17.6. The van der Waals surface area contributed by atoms with Crippen LogP contribution in [0.3, 0.4) is 0 Å². The zero-order valence-corrected chi connectivity index (χ0v) is 24.0. The first-order valence-corrected chi connectivity index (χ1v) is 14.0. The Balaban J connectivity index is 2.14. The van der Waals surface area contributed by atoms with E-state index in [9.17, 15) is 9.90 Å². The number of halogens is 1. The number of benzene rings is 1. The number of amides is 1. The first kappa shape index (κ1) is 31.5. The van der Waals surface area contributed by atoms with Gasteiger partial charge in [0.15, 0.2) is 17.1 Å². The molecule has 9 heteroatoms. The van der Waals surface area contributed by atoms with Gasteiger partial charge in [0.05, 0.1) is 25.9 Å². The molecule has 2 rings (SSSR count). The monoisotopic (exact) mass is 542 g/mol. The number of β-amino-alcohol motifs (C(OH)–C–C–N with tert-alkyl or cyclic N) is 1. The van der Waals surface area contributed by atoms with Crippen molar-refractivity contribution in [2.75, 3.05) is 47.1 Å². The molecule has 0 spiro atoms. The van der Waals surface area contributed by atoms with Crippen LogP contribution in [-0.4, -0.2) is 80.9 Å². The molecule has 0 aliphatic carbocycles. The molecule has 0 radical (unpaired) electrons. The standard InChI is InChI=1S/C28H47ClN2O6/c1-20(2)23(16-22-10-11-26(35-5)27(17-22)36-15-9-14-34-4)18-24(30-28(33)37-21(3)29)25(32)19-31-12-7-6-8-13-31/h10-11,17,20-21,23-25,32H,6-9,12-16,18-19H2,1-5H3,(H,30,33)/t21?,23-,24+,25+/m1/s1. The van der Waals surface area contributed by atoms with Crippen molar-refractivity contribution >= 4 is 17.7 Å². The van der Waals surface area contributed by atoms with Crippen molar-refractivity contribution in [1.29, 1.82) is 0 Å². The van der Waals surface area contributed by atoms with Crippen LogP contribution in [0.1, 0.15) is 58.4 Å². The molecule has 0 aromatic heterocycles. The smallest absolute Gasteiger partial charge is 0.408 e. The quantitative estimate of drug-likeness (QED) is 0.228. The Labute approximate surface area is 227 Å². The molecule has 0 bridgehead atoms. The van der Waals surface area contributed by atoms with Crippen LogP contribution < -0.4 is 14.8 Å². The molecule has 2 N–H and O–H groups in total. The highest BCUT2D eigenvalue weighted by Crippen LogP contribution is 2.31. The molecule has 37 heavy (non-hydrogen) atoms. The van der Waals surface area contributed by atoms with Crippen LogP contribution in [0.2, 0.25) is 0 Å². The fraction of sp³-hybridized carbons (Fsp3) is 0.750. The highest BCUT2D eigenvalue weighted by Gasteiger charge is 2.29. The number of rotatable bonds is 16. The number of nitrogens with one attached hydrogen (secondary N) is 1. The zero-order chi connectivity index (χ0) is 27.2. The maximum Gasteiger partial charge on any atom is 0.408 e. The summed E-state index contributed by atoms with van der Waals surface area (Å²) < 4.78 is 21.7. The first-order valence-electron chi connectivity index (χ1n) is 13.5. The van der Waals surface area contributed by atoms with Crippen molar-refractivity contribution in [3.63, 3.8) is 0 Å². The number of aliphatic hydroxyl groups excluding tert-OH is 1. The van der Waals surface area contributed by atoms with E-state index in [1.54, 1.807) is 21.1 Å². The van der Waals surface area contributed by atoms with E-state index >= 15 is 0 Å². The highest BCUT2D eigenvalue weighted by molar-refractivity contribution is 6.19. The summed E-state index contributed by atoms with van der Waals surface area (Å²) in [7, 11) is 3.31. The number of alkyl carbamates (subject to hydrolysis) is 1. The van der Waals surface area contributed by atoms with Gasteiger partial charge in [-0.15, -0.1) is 0 Å². The van der Waals surface area contributed by atoms with Gasteiger partial charge in [-0.05, 0) is 75.2 Å². The van der Waals surface area contributed by atoms with E-state index < -0.39 is 23.8 Å². The summed E-state index contributed by atoms with van der Waals surface area (Å²) in [6, 6.07) is 5.54. The van der Waals surface area contributed by atoms with Crippen LogP contribution in [0, 0.1) is 11.8 Å². The van der Waals surface area contributed by atoms with Crippen LogP contribution in [0.4, 0.5) is 4.79 Å². The van der Waals surface area contributed by atoms with Gasteiger partial charge in [0.1, 0.15) is 0 Å². The second-order valence-electron chi connectivity index (χ2n) is 10.3. The second-order valence-corrected chi connectivity index (χ2v) is 10.9. The van der Waals surface area contributed by atoms with Crippen molar-refractivity contribution in [3.8, 4) is 11.5 Å². The third-order valence-electron chi connectivity index (χ3n) is 6.91. The predicted molar refractivity (Wildman–Crippen MR) is 147 cm³/mol. The third kappa shape index (κ3) is 11.7. The molecular formula is C28H47ClN2O6. The minimum Gasteiger partial charge on any atom is -0.493 e. The Hall–Kier alpha value is -1.74.